The zero-order valence-electron chi connectivity index (χ0n) is 11.0. The molecule has 4 heteroatoms. The van der Waals surface area contributed by atoms with Crippen LogP contribution in [0.4, 0.5) is 0 Å². The van der Waals surface area contributed by atoms with Gasteiger partial charge in [-0.25, -0.2) is 0 Å². The number of rotatable bonds is 6. The van der Waals surface area contributed by atoms with Gasteiger partial charge in [0.2, 0.25) is 0 Å². The molecule has 0 aromatic carbocycles. The summed E-state index contributed by atoms with van der Waals surface area (Å²) in [5.41, 5.74) is 6.06. The fourth-order valence-corrected chi connectivity index (χ4v) is 1.63. The molecule has 0 aliphatic carbocycles. The number of aromatic nitrogens is 1. The molecule has 0 fully saturated rings. The van der Waals surface area contributed by atoms with Crippen LogP contribution < -0.4 is 11.3 Å². The molecule has 19 heavy (non-hydrogen) atoms. The van der Waals surface area contributed by atoms with E-state index in [1.165, 1.54) is 0 Å². The molecular weight excluding hydrogens is 258 g/mol. The van der Waals surface area contributed by atoms with Crippen molar-refractivity contribution in [3.8, 4) is 0 Å². The molecule has 3 nitrogen and oxygen atoms in total. The van der Waals surface area contributed by atoms with Crippen molar-refractivity contribution in [3.63, 3.8) is 0 Å². The minimum absolute atomic E-state index is 0.611. The third-order valence-corrected chi connectivity index (χ3v) is 2.82. The first-order valence-electron chi connectivity index (χ1n) is 5.84. The number of aryl methyl sites for hydroxylation is 1. The molecule has 0 aliphatic heterocycles. The molecule has 0 spiro atoms. The third kappa shape index (κ3) is 4.73. The molecule has 0 saturated carbocycles. The lowest BCUT2D eigenvalue weighted by molar-refractivity contribution is 0.972. The lowest BCUT2D eigenvalue weighted by Gasteiger charge is -2.08. The van der Waals surface area contributed by atoms with Crippen LogP contribution in [0.25, 0.3) is 5.70 Å². The Hall–Kier alpha value is -1.84. The van der Waals surface area contributed by atoms with Crippen LogP contribution in [0.15, 0.2) is 54.8 Å². The van der Waals surface area contributed by atoms with E-state index in [0.717, 1.165) is 23.2 Å². The summed E-state index contributed by atoms with van der Waals surface area (Å²) in [4.78, 5) is 4.35. The lowest BCUT2D eigenvalue weighted by Crippen LogP contribution is -2.20. The SMILES string of the molecule is C=C/C(Cl)=C\C=C/Cc1cnc(C(=C)NN)c(C)c1. The molecular formula is C15H18ClN3. The molecule has 0 radical (unpaired) electrons. The minimum Gasteiger partial charge on any atom is -0.323 e. The summed E-state index contributed by atoms with van der Waals surface area (Å²) in [6.07, 6.45) is 9.90. The van der Waals surface area contributed by atoms with Gasteiger partial charge in [0.05, 0.1) is 11.4 Å². The van der Waals surface area contributed by atoms with Crippen molar-refractivity contribution in [1.29, 1.82) is 0 Å². The predicted molar refractivity (Wildman–Crippen MR) is 82.3 cm³/mol. The number of nitrogens with two attached hydrogens (primary N) is 1. The van der Waals surface area contributed by atoms with Gasteiger partial charge < -0.3 is 5.43 Å². The van der Waals surface area contributed by atoms with E-state index >= 15 is 0 Å². The number of allylic oxidation sites excluding steroid dienone is 5. The Labute approximate surface area is 119 Å². The highest BCUT2D eigenvalue weighted by atomic mass is 35.5. The molecule has 0 bridgehead atoms. The highest BCUT2D eigenvalue weighted by Gasteiger charge is 2.03. The van der Waals surface area contributed by atoms with Crippen LogP contribution in [0.1, 0.15) is 16.8 Å². The summed E-state index contributed by atoms with van der Waals surface area (Å²) in [6.45, 7) is 9.35. The smallest absolute Gasteiger partial charge is 0.0897 e. The largest absolute Gasteiger partial charge is 0.323 e. The number of hydrogen-bond acceptors (Lipinski definition) is 3. The van der Waals surface area contributed by atoms with Crippen molar-refractivity contribution in [1.82, 2.24) is 10.4 Å². The Morgan fingerprint density at radius 2 is 2.32 bits per heavy atom. The molecule has 0 amide bonds. The van der Waals surface area contributed by atoms with Gasteiger partial charge in [0, 0.05) is 11.2 Å². The number of hydrogen-bond donors (Lipinski definition) is 2. The van der Waals surface area contributed by atoms with Crippen molar-refractivity contribution >= 4 is 17.3 Å². The summed E-state index contributed by atoms with van der Waals surface area (Å²) < 4.78 is 0. The summed E-state index contributed by atoms with van der Waals surface area (Å²) >= 11 is 5.79. The predicted octanol–water partition coefficient (Wildman–Crippen LogP) is 3.23. The first-order valence-corrected chi connectivity index (χ1v) is 6.22. The maximum Gasteiger partial charge on any atom is 0.0897 e. The van der Waals surface area contributed by atoms with Gasteiger partial charge in [0.25, 0.3) is 0 Å². The summed E-state index contributed by atoms with van der Waals surface area (Å²) in [7, 11) is 0. The Morgan fingerprint density at radius 1 is 1.58 bits per heavy atom. The molecule has 1 rings (SSSR count). The molecule has 0 atom stereocenters. The fourth-order valence-electron chi connectivity index (χ4n) is 1.56. The number of nitrogens with one attached hydrogen (secondary N) is 1. The maximum absolute atomic E-state index is 5.79. The van der Waals surface area contributed by atoms with Crippen LogP contribution in [0.3, 0.4) is 0 Å². The van der Waals surface area contributed by atoms with E-state index < -0.39 is 0 Å². The lowest BCUT2D eigenvalue weighted by atomic mass is 10.1. The van der Waals surface area contributed by atoms with Crippen molar-refractivity contribution in [2.75, 3.05) is 0 Å². The Morgan fingerprint density at radius 3 is 2.89 bits per heavy atom. The quantitative estimate of drug-likeness (QED) is 0.476. The van der Waals surface area contributed by atoms with Gasteiger partial charge in [-0.3, -0.25) is 10.8 Å². The fraction of sp³-hybridized carbons (Fsp3) is 0.133. The van der Waals surface area contributed by atoms with Gasteiger partial charge in [-0.1, -0.05) is 49.1 Å². The maximum atomic E-state index is 5.79. The zero-order valence-corrected chi connectivity index (χ0v) is 11.7. The Bertz CT molecular complexity index is 530. The topological polar surface area (TPSA) is 50.9 Å². The van der Waals surface area contributed by atoms with Crippen LogP contribution >= 0.6 is 11.6 Å². The Kier molecular flexibility index (Phi) is 6.06. The van der Waals surface area contributed by atoms with Gasteiger partial charge in [0.15, 0.2) is 0 Å². The normalized spacial score (nSPS) is 11.6. The first-order chi connectivity index (χ1) is 9.08. The van der Waals surface area contributed by atoms with E-state index in [1.807, 2.05) is 25.3 Å². The summed E-state index contributed by atoms with van der Waals surface area (Å²) in [5.74, 6) is 5.32. The van der Waals surface area contributed by atoms with Gasteiger partial charge >= 0.3 is 0 Å². The minimum atomic E-state index is 0.611. The molecule has 1 heterocycles. The Balaban J connectivity index is 2.74. The van der Waals surface area contributed by atoms with Crippen molar-refractivity contribution in [2.45, 2.75) is 13.3 Å². The second-order valence-corrected chi connectivity index (χ2v) is 4.46. The van der Waals surface area contributed by atoms with E-state index in [1.54, 1.807) is 12.2 Å². The standard InChI is InChI=1S/C15H18ClN3/c1-4-14(16)8-6-5-7-13-9-11(2)15(18-10-13)12(3)19-17/h4-6,8-10,19H,1,3,7,17H2,2H3/b6-5-,14-8+. The first kappa shape index (κ1) is 15.2. The van der Waals surface area contributed by atoms with Crippen LogP contribution in [0.5, 0.6) is 0 Å². The van der Waals surface area contributed by atoms with Gasteiger partial charge in [-0.15, -0.1) is 0 Å². The van der Waals surface area contributed by atoms with Crippen LogP contribution in [0, 0.1) is 6.92 Å². The van der Waals surface area contributed by atoms with E-state index in [4.69, 9.17) is 17.4 Å². The highest BCUT2D eigenvalue weighted by Crippen LogP contribution is 2.13. The molecule has 1 aromatic heterocycles. The van der Waals surface area contributed by atoms with Gasteiger partial charge in [0.1, 0.15) is 0 Å². The number of halogens is 1. The average molecular weight is 276 g/mol. The number of pyridine rings is 1. The van der Waals surface area contributed by atoms with Gasteiger partial charge in [-0.2, -0.15) is 0 Å². The second kappa shape index (κ2) is 7.56. The molecule has 0 saturated heterocycles. The van der Waals surface area contributed by atoms with Crippen molar-refractivity contribution < 1.29 is 0 Å². The van der Waals surface area contributed by atoms with E-state index in [2.05, 4.69) is 29.6 Å². The number of hydrazine groups is 1. The van der Waals surface area contributed by atoms with E-state index in [9.17, 15) is 0 Å². The summed E-state index contributed by atoms with van der Waals surface area (Å²) in [5, 5.41) is 0.617. The van der Waals surface area contributed by atoms with Crippen molar-refractivity contribution in [2.24, 2.45) is 5.84 Å². The van der Waals surface area contributed by atoms with E-state index in [-0.39, 0.29) is 0 Å². The van der Waals surface area contributed by atoms with Crippen LogP contribution in [-0.4, -0.2) is 4.98 Å². The average Bonchev–Trinajstić information content (AvgIpc) is 2.42. The summed E-state index contributed by atoms with van der Waals surface area (Å²) in [6, 6.07) is 2.06. The van der Waals surface area contributed by atoms with E-state index in [0.29, 0.717) is 10.7 Å². The molecule has 3 N–H and O–H groups in total. The number of nitrogens with zero attached hydrogens (tertiary/aromatic N) is 1. The van der Waals surface area contributed by atoms with Crippen molar-refractivity contribution in [3.05, 3.63) is 71.6 Å². The molecule has 100 valence electrons. The van der Waals surface area contributed by atoms with Crippen LogP contribution in [0.2, 0.25) is 0 Å². The monoisotopic (exact) mass is 275 g/mol. The second-order valence-electron chi connectivity index (χ2n) is 4.02. The molecule has 0 aliphatic rings. The van der Waals surface area contributed by atoms with Crippen LogP contribution in [-0.2, 0) is 6.42 Å². The molecule has 0 unspecified atom stereocenters. The highest BCUT2D eigenvalue weighted by molar-refractivity contribution is 6.31. The van der Waals surface area contributed by atoms with Gasteiger partial charge in [-0.05, 0) is 30.5 Å². The zero-order chi connectivity index (χ0) is 14.3. The third-order valence-electron chi connectivity index (χ3n) is 2.54. The molecule has 1 aromatic rings.